The van der Waals surface area contributed by atoms with E-state index >= 15 is 0 Å². The highest BCUT2D eigenvalue weighted by Gasteiger charge is 2.25. The molecule has 0 aliphatic carbocycles. The molecule has 0 saturated heterocycles. The molecule has 1 aromatic heterocycles. The first-order valence-electron chi connectivity index (χ1n) is 5.98. The van der Waals surface area contributed by atoms with E-state index in [0.29, 0.717) is 6.42 Å². The molecule has 2 atom stereocenters. The van der Waals surface area contributed by atoms with Crippen molar-refractivity contribution in [1.82, 2.24) is 14.7 Å². The monoisotopic (exact) mass is 239 g/mol. The van der Waals surface area contributed by atoms with E-state index in [-0.39, 0.29) is 6.04 Å². The zero-order chi connectivity index (χ0) is 13.0. The molecule has 1 rings (SSSR count). The maximum atomic E-state index is 11.1. The predicted octanol–water partition coefficient (Wildman–Crippen LogP) is 1.76. The first-order chi connectivity index (χ1) is 8.01. The third kappa shape index (κ3) is 3.06. The highest BCUT2D eigenvalue weighted by Crippen LogP contribution is 2.21. The summed E-state index contributed by atoms with van der Waals surface area (Å²) in [6.45, 7) is 6.74. The zero-order valence-corrected chi connectivity index (χ0v) is 10.9. The number of nitrogens with zero attached hydrogens (tertiary/aromatic N) is 3. The zero-order valence-electron chi connectivity index (χ0n) is 10.9. The molecule has 0 radical (unpaired) electrons. The molecule has 1 N–H and O–H groups in total. The summed E-state index contributed by atoms with van der Waals surface area (Å²) in [5.41, 5.74) is 1.05. The van der Waals surface area contributed by atoms with E-state index < -0.39 is 12.0 Å². The molecule has 5 heteroatoms. The average Bonchev–Trinajstić information content (AvgIpc) is 2.76. The third-order valence-electron chi connectivity index (χ3n) is 3.23. The lowest BCUT2D eigenvalue weighted by molar-refractivity contribution is -0.143. The molecule has 2 unspecified atom stereocenters. The summed E-state index contributed by atoms with van der Waals surface area (Å²) in [5.74, 6) is -0.773. The molecule has 96 valence electrons. The van der Waals surface area contributed by atoms with Gasteiger partial charge in [0.25, 0.3) is 0 Å². The number of aromatic nitrogens is 2. The molecule has 1 heterocycles. The Kier molecular flexibility index (Phi) is 4.69. The Morgan fingerprint density at radius 3 is 2.65 bits per heavy atom. The number of rotatable bonds is 6. The summed E-state index contributed by atoms with van der Waals surface area (Å²) in [4.78, 5) is 13.0. The van der Waals surface area contributed by atoms with Crippen LogP contribution in [0.5, 0.6) is 0 Å². The largest absolute Gasteiger partial charge is 0.480 e. The van der Waals surface area contributed by atoms with Crippen LogP contribution < -0.4 is 0 Å². The third-order valence-corrected chi connectivity index (χ3v) is 3.23. The van der Waals surface area contributed by atoms with Crippen LogP contribution in [0.1, 0.15) is 38.8 Å². The van der Waals surface area contributed by atoms with Crippen molar-refractivity contribution in [2.45, 2.75) is 45.8 Å². The molecular weight excluding hydrogens is 218 g/mol. The number of carboxylic acid groups (broad SMARTS) is 1. The van der Waals surface area contributed by atoms with Gasteiger partial charge in [0.1, 0.15) is 6.04 Å². The van der Waals surface area contributed by atoms with Crippen LogP contribution in [-0.2, 0) is 11.3 Å². The van der Waals surface area contributed by atoms with Crippen molar-refractivity contribution >= 4 is 5.97 Å². The van der Waals surface area contributed by atoms with Crippen LogP contribution in [-0.4, -0.2) is 38.8 Å². The summed E-state index contributed by atoms with van der Waals surface area (Å²) < 4.78 is 1.85. The van der Waals surface area contributed by atoms with Crippen molar-refractivity contribution in [3.8, 4) is 0 Å². The van der Waals surface area contributed by atoms with Crippen molar-refractivity contribution in [3.63, 3.8) is 0 Å². The van der Waals surface area contributed by atoms with Crippen LogP contribution in [0.4, 0.5) is 0 Å². The molecule has 0 amide bonds. The Labute approximate surface area is 102 Å². The number of likely N-dealkylation sites (N-methyl/N-ethyl adjacent to an activating group) is 1. The standard InChI is InChI=1S/C12H21N3O2/c1-5-11(12(16)17)14(4)9(3)10-7-13-15(6-2)8-10/h7-9,11H,5-6H2,1-4H3,(H,16,17). The Hall–Kier alpha value is -1.36. The molecule has 5 nitrogen and oxygen atoms in total. The van der Waals surface area contributed by atoms with Gasteiger partial charge in [0.2, 0.25) is 0 Å². The summed E-state index contributed by atoms with van der Waals surface area (Å²) in [7, 11) is 1.84. The second kappa shape index (κ2) is 5.82. The Morgan fingerprint density at radius 2 is 2.24 bits per heavy atom. The van der Waals surface area contributed by atoms with Gasteiger partial charge < -0.3 is 5.11 Å². The van der Waals surface area contributed by atoms with E-state index in [1.54, 1.807) is 6.20 Å². The number of aliphatic carboxylic acids is 1. The summed E-state index contributed by atoms with van der Waals surface area (Å²) >= 11 is 0. The van der Waals surface area contributed by atoms with E-state index in [1.807, 2.05) is 43.6 Å². The smallest absolute Gasteiger partial charge is 0.320 e. The first-order valence-corrected chi connectivity index (χ1v) is 5.98. The second-order valence-corrected chi connectivity index (χ2v) is 4.23. The molecule has 0 spiro atoms. The molecule has 17 heavy (non-hydrogen) atoms. The van der Waals surface area contributed by atoms with Crippen LogP contribution >= 0.6 is 0 Å². The van der Waals surface area contributed by atoms with Crippen LogP contribution in [0.2, 0.25) is 0 Å². The molecule has 0 bridgehead atoms. The average molecular weight is 239 g/mol. The Morgan fingerprint density at radius 1 is 1.59 bits per heavy atom. The number of aryl methyl sites for hydroxylation is 1. The van der Waals surface area contributed by atoms with Gasteiger partial charge in [-0.3, -0.25) is 14.4 Å². The maximum Gasteiger partial charge on any atom is 0.320 e. The number of carbonyl (C=O) groups is 1. The molecule has 0 saturated carbocycles. The van der Waals surface area contributed by atoms with Gasteiger partial charge in [-0.25, -0.2) is 0 Å². The van der Waals surface area contributed by atoms with Gasteiger partial charge in [0.05, 0.1) is 6.20 Å². The van der Waals surface area contributed by atoms with Gasteiger partial charge in [-0.1, -0.05) is 6.92 Å². The highest BCUT2D eigenvalue weighted by atomic mass is 16.4. The van der Waals surface area contributed by atoms with Crippen molar-refractivity contribution in [3.05, 3.63) is 18.0 Å². The minimum absolute atomic E-state index is 0.0522. The lowest BCUT2D eigenvalue weighted by Crippen LogP contribution is -2.39. The van der Waals surface area contributed by atoms with Gasteiger partial charge >= 0.3 is 5.97 Å². The first kappa shape index (κ1) is 13.7. The molecule has 0 aromatic carbocycles. The van der Waals surface area contributed by atoms with Crippen molar-refractivity contribution in [2.24, 2.45) is 0 Å². The molecule has 1 aromatic rings. The van der Waals surface area contributed by atoms with Crippen molar-refractivity contribution < 1.29 is 9.90 Å². The summed E-state index contributed by atoms with van der Waals surface area (Å²) in [5, 5.41) is 13.3. The Bertz CT molecular complexity index is 376. The summed E-state index contributed by atoms with van der Waals surface area (Å²) in [6.07, 6.45) is 4.37. The van der Waals surface area contributed by atoms with E-state index in [2.05, 4.69) is 5.10 Å². The van der Waals surface area contributed by atoms with E-state index in [1.165, 1.54) is 0 Å². The van der Waals surface area contributed by atoms with Crippen LogP contribution in [0.25, 0.3) is 0 Å². The quantitative estimate of drug-likeness (QED) is 0.821. The second-order valence-electron chi connectivity index (χ2n) is 4.23. The van der Waals surface area contributed by atoms with E-state index in [0.717, 1.165) is 12.1 Å². The van der Waals surface area contributed by atoms with Crippen LogP contribution in [0.3, 0.4) is 0 Å². The number of hydrogen-bond acceptors (Lipinski definition) is 3. The summed E-state index contributed by atoms with van der Waals surface area (Å²) in [6, 6.07) is -0.397. The molecule has 0 aliphatic rings. The molecule has 0 fully saturated rings. The lowest BCUT2D eigenvalue weighted by Gasteiger charge is -2.29. The van der Waals surface area contributed by atoms with Gasteiger partial charge in [-0.2, -0.15) is 5.10 Å². The van der Waals surface area contributed by atoms with Gasteiger partial charge in [-0.15, -0.1) is 0 Å². The van der Waals surface area contributed by atoms with Crippen molar-refractivity contribution in [1.29, 1.82) is 0 Å². The maximum absolute atomic E-state index is 11.1. The van der Waals surface area contributed by atoms with Crippen LogP contribution in [0, 0.1) is 0 Å². The minimum Gasteiger partial charge on any atom is -0.480 e. The van der Waals surface area contributed by atoms with E-state index in [4.69, 9.17) is 5.11 Å². The van der Waals surface area contributed by atoms with Gasteiger partial charge in [0.15, 0.2) is 0 Å². The molecular formula is C12H21N3O2. The fraction of sp³-hybridized carbons (Fsp3) is 0.667. The normalized spacial score (nSPS) is 14.9. The minimum atomic E-state index is -0.773. The van der Waals surface area contributed by atoms with Crippen LogP contribution in [0.15, 0.2) is 12.4 Å². The molecule has 0 aliphatic heterocycles. The lowest BCUT2D eigenvalue weighted by atomic mass is 10.1. The van der Waals surface area contributed by atoms with Crippen molar-refractivity contribution in [2.75, 3.05) is 7.05 Å². The highest BCUT2D eigenvalue weighted by molar-refractivity contribution is 5.73. The predicted molar refractivity (Wildman–Crippen MR) is 65.8 cm³/mol. The van der Waals surface area contributed by atoms with Gasteiger partial charge in [0, 0.05) is 24.3 Å². The fourth-order valence-electron chi connectivity index (χ4n) is 1.91. The number of carboxylic acids is 1. The topological polar surface area (TPSA) is 58.4 Å². The fourth-order valence-corrected chi connectivity index (χ4v) is 1.91. The van der Waals surface area contributed by atoms with E-state index in [9.17, 15) is 4.79 Å². The Balaban J connectivity index is 2.80. The SMILES string of the molecule is CCC(C(=O)O)N(C)C(C)c1cnn(CC)c1. The van der Waals surface area contributed by atoms with Gasteiger partial charge in [-0.05, 0) is 27.3 Å². The number of hydrogen-bond donors (Lipinski definition) is 1.